The first-order valence-corrected chi connectivity index (χ1v) is 11.4. The molecule has 2 aliphatic heterocycles. The Kier molecular flexibility index (Phi) is 6.34. The van der Waals surface area contributed by atoms with Crippen molar-refractivity contribution in [2.75, 3.05) is 38.6 Å². The lowest BCUT2D eigenvalue weighted by Gasteiger charge is -2.34. The number of nitrogens with zero attached hydrogens (tertiary/aromatic N) is 3. The summed E-state index contributed by atoms with van der Waals surface area (Å²) in [7, 11) is 3.77. The predicted molar refractivity (Wildman–Crippen MR) is 131 cm³/mol. The molecular weight excluding hydrogens is 449 g/mol. The Morgan fingerprint density at radius 2 is 1.89 bits per heavy atom. The summed E-state index contributed by atoms with van der Waals surface area (Å²) < 4.78 is 14.4. The number of halogens is 1. The largest absolute Gasteiger partial charge is 0.507 e. The van der Waals surface area contributed by atoms with Gasteiger partial charge in [0.25, 0.3) is 17.6 Å². The fraction of sp³-hybridized carbons (Fsp3) is 0.296. The van der Waals surface area contributed by atoms with E-state index >= 15 is 0 Å². The number of hydrogen-bond acceptors (Lipinski definition) is 5. The minimum atomic E-state index is -1.86. The van der Waals surface area contributed by atoms with Gasteiger partial charge in [-0.05, 0) is 51.7 Å². The van der Waals surface area contributed by atoms with Crippen molar-refractivity contribution in [3.8, 4) is 0 Å². The number of likely N-dealkylation sites (tertiary alicyclic amines) is 1. The standard InChI is InChI=1S/C27H28FN3O4/c1-5-13-30-21-10-7-6-9-19(21)27(26(30)35)22(23(32)18-12-11-17(2)20(28)16-18)24(33)25(34)31(27)15-8-14-29(3)4/h5-7,9-12,16,32H,1,8,13-15H2,2-4H3/t27-/m0/s1. The number of rotatable bonds is 7. The minimum absolute atomic E-state index is 0.0196. The highest BCUT2D eigenvalue weighted by Crippen LogP contribution is 2.53. The van der Waals surface area contributed by atoms with Crippen molar-refractivity contribution >= 4 is 29.0 Å². The molecule has 2 amide bonds. The van der Waals surface area contributed by atoms with Gasteiger partial charge in [-0.25, -0.2) is 4.39 Å². The average Bonchev–Trinajstić information content (AvgIpc) is 3.19. The van der Waals surface area contributed by atoms with E-state index in [-0.39, 0.29) is 24.2 Å². The summed E-state index contributed by atoms with van der Waals surface area (Å²) in [4.78, 5) is 45.6. The first-order chi connectivity index (χ1) is 16.7. The third kappa shape index (κ3) is 3.65. The first kappa shape index (κ1) is 24.3. The molecule has 7 nitrogen and oxygen atoms in total. The van der Waals surface area contributed by atoms with E-state index in [1.807, 2.05) is 19.0 Å². The van der Waals surface area contributed by atoms with Crippen LogP contribution in [0.25, 0.3) is 5.76 Å². The number of aliphatic hydroxyl groups is 1. The number of fused-ring (bicyclic) bond motifs is 2. The van der Waals surface area contributed by atoms with E-state index in [4.69, 9.17) is 0 Å². The van der Waals surface area contributed by atoms with Crippen molar-refractivity contribution in [2.45, 2.75) is 18.9 Å². The molecule has 35 heavy (non-hydrogen) atoms. The van der Waals surface area contributed by atoms with Crippen molar-refractivity contribution < 1.29 is 23.9 Å². The van der Waals surface area contributed by atoms with Crippen LogP contribution in [0.4, 0.5) is 10.1 Å². The SMILES string of the molecule is C=CCN1C(=O)[C@@]2(C(=C(O)c3ccc(C)c(F)c3)C(=O)C(=O)N2CCCN(C)C)c2ccccc21. The summed E-state index contributed by atoms with van der Waals surface area (Å²) in [5, 5.41) is 11.4. The molecule has 2 aromatic rings. The molecule has 1 atom stereocenters. The topological polar surface area (TPSA) is 81.2 Å². The Labute approximate surface area is 203 Å². The lowest BCUT2D eigenvalue weighted by atomic mass is 9.81. The van der Waals surface area contributed by atoms with E-state index in [1.54, 1.807) is 37.3 Å². The number of carbonyl (C=O) groups is 3. The Balaban J connectivity index is 2.01. The Morgan fingerprint density at radius 3 is 2.54 bits per heavy atom. The van der Waals surface area contributed by atoms with Gasteiger partial charge in [-0.15, -0.1) is 6.58 Å². The van der Waals surface area contributed by atoms with Gasteiger partial charge in [0, 0.05) is 24.2 Å². The molecule has 2 aliphatic rings. The highest BCUT2D eigenvalue weighted by molar-refractivity contribution is 6.50. The molecule has 8 heteroatoms. The third-order valence-corrected chi connectivity index (χ3v) is 6.55. The van der Waals surface area contributed by atoms with Gasteiger partial charge < -0.3 is 19.8 Å². The highest BCUT2D eigenvalue weighted by atomic mass is 19.1. The van der Waals surface area contributed by atoms with Crippen LogP contribution in [0.2, 0.25) is 0 Å². The summed E-state index contributed by atoms with van der Waals surface area (Å²) in [6, 6.07) is 10.9. The summed E-state index contributed by atoms with van der Waals surface area (Å²) in [5.74, 6) is -3.54. The van der Waals surface area contributed by atoms with Gasteiger partial charge in [-0.3, -0.25) is 14.4 Å². The molecule has 2 aromatic carbocycles. The Hall–Kier alpha value is -3.78. The summed E-state index contributed by atoms with van der Waals surface area (Å²) in [6.07, 6.45) is 2.05. The van der Waals surface area contributed by atoms with Crippen LogP contribution in [0, 0.1) is 12.7 Å². The zero-order chi connectivity index (χ0) is 25.5. The van der Waals surface area contributed by atoms with E-state index < -0.39 is 34.7 Å². The van der Waals surface area contributed by atoms with Gasteiger partial charge >= 0.3 is 0 Å². The van der Waals surface area contributed by atoms with Gasteiger partial charge in [0.2, 0.25) is 0 Å². The van der Waals surface area contributed by atoms with E-state index in [0.29, 0.717) is 29.8 Å². The van der Waals surface area contributed by atoms with Crippen molar-refractivity contribution in [3.63, 3.8) is 0 Å². The van der Waals surface area contributed by atoms with Crippen LogP contribution < -0.4 is 4.90 Å². The number of amides is 2. The maximum absolute atomic E-state index is 14.4. The van der Waals surface area contributed by atoms with E-state index in [2.05, 4.69) is 6.58 Å². The maximum Gasteiger partial charge on any atom is 0.296 e. The zero-order valence-electron chi connectivity index (χ0n) is 20.0. The van der Waals surface area contributed by atoms with Gasteiger partial charge in [0.05, 0.1) is 11.3 Å². The molecule has 1 N–H and O–H groups in total. The molecule has 1 spiro atoms. The minimum Gasteiger partial charge on any atom is -0.507 e. The molecule has 0 aliphatic carbocycles. The zero-order valence-corrected chi connectivity index (χ0v) is 20.0. The average molecular weight is 478 g/mol. The summed E-state index contributed by atoms with van der Waals surface area (Å²) in [5.41, 5.74) is -0.875. The number of aliphatic hydroxyl groups excluding tert-OH is 1. The van der Waals surface area contributed by atoms with Crippen molar-refractivity contribution in [1.29, 1.82) is 0 Å². The second-order valence-electron chi connectivity index (χ2n) is 9.06. The van der Waals surface area contributed by atoms with Crippen molar-refractivity contribution in [3.05, 3.63) is 83.2 Å². The Morgan fingerprint density at radius 1 is 1.17 bits per heavy atom. The van der Waals surface area contributed by atoms with Gasteiger partial charge in [0.15, 0.2) is 5.54 Å². The summed E-state index contributed by atoms with van der Waals surface area (Å²) >= 11 is 0. The lowest BCUT2D eigenvalue weighted by Crippen LogP contribution is -2.52. The molecule has 182 valence electrons. The van der Waals surface area contributed by atoms with Crippen LogP contribution in [-0.4, -0.2) is 66.2 Å². The summed E-state index contributed by atoms with van der Waals surface area (Å²) in [6.45, 7) is 6.19. The highest BCUT2D eigenvalue weighted by Gasteiger charge is 2.66. The normalized spacial score (nSPS) is 20.9. The number of carbonyl (C=O) groups excluding carboxylic acids is 3. The molecular formula is C27H28FN3O4. The lowest BCUT2D eigenvalue weighted by molar-refractivity contribution is -0.143. The van der Waals surface area contributed by atoms with Crippen LogP contribution >= 0.6 is 0 Å². The number of benzene rings is 2. The van der Waals surface area contributed by atoms with E-state index in [1.165, 1.54) is 21.9 Å². The number of hydrogen-bond donors (Lipinski definition) is 1. The number of anilines is 1. The number of para-hydroxylation sites is 1. The van der Waals surface area contributed by atoms with Gasteiger partial charge in [-0.2, -0.15) is 0 Å². The third-order valence-electron chi connectivity index (χ3n) is 6.55. The molecule has 1 fully saturated rings. The molecule has 2 heterocycles. The second kappa shape index (κ2) is 9.11. The number of ketones is 1. The second-order valence-corrected chi connectivity index (χ2v) is 9.06. The Bertz CT molecular complexity index is 1270. The van der Waals surface area contributed by atoms with E-state index in [9.17, 15) is 23.9 Å². The van der Waals surface area contributed by atoms with Crippen LogP contribution in [0.1, 0.15) is 23.1 Å². The van der Waals surface area contributed by atoms with Gasteiger partial charge in [-0.1, -0.05) is 36.4 Å². The monoisotopic (exact) mass is 477 g/mol. The quantitative estimate of drug-likeness (QED) is 0.287. The molecule has 0 bridgehead atoms. The van der Waals surface area contributed by atoms with Gasteiger partial charge in [0.1, 0.15) is 11.6 Å². The maximum atomic E-state index is 14.4. The van der Waals surface area contributed by atoms with Crippen LogP contribution in [0.5, 0.6) is 0 Å². The molecule has 0 saturated carbocycles. The van der Waals surface area contributed by atoms with Crippen molar-refractivity contribution in [2.24, 2.45) is 0 Å². The van der Waals surface area contributed by atoms with E-state index in [0.717, 1.165) is 6.07 Å². The van der Waals surface area contributed by atoms with Crippen LogP contribution in [-0.2, 0) is 19.9 Å². The van der Waals surface area contributed by atoms with Crippen LogP contribution in [0.15, 0.2) is 60.7 Å². The number of Topliss-reactive ketones (excluding diaryl/α,β-unsaturated/α-hetero) is 1. The molecule has 0 aromatic heterocycles. The van der Waals surface area contributed by atoms with Crippen molar-refractivity contribution in [1.82, 2.24) is 9.80 Å². The molecule has 0 radical (unpaired) electrons. The predicted octanol–water partition coefficient (Wildman–Crippen LogP) is 3.19. The smallest absolute Gasteiger partial charge is 0.296 e. The first-order valence-electron chi connectivity index (χ1n) is 11.4. The fourth-order valence-corrected chi connectivity index (χ4v) is 4.91. The molecule has 0 unspecified atom stereocenters. The van der Waals surface area contributed by atoms with Crippen LogP contribution in [0.3, 0.4) is 0 Å². The molecule has 4 rings (SSSR count). The fourth-order valence-electron chi connectivity index (χ4n) is 4.91. The molecule has 1 saturated heterocycles. The number of aryl methyl sites for hydroxylation is 1.